The van der Waals surface area contributed by atoms with Gasteiger partial charge < -0.3 is 10.6 Å². The minimum absolute atomic E-state index is 0.339. The molecular formula is C13H16Cl2N4O. The lowest BCUT2D eigenvalue weighted by Crippen LogP contribution is -2.41. The molecule has 3 N–H and O–H groups in total. The van der Waals surface area contributed by atoms with Crippen molar-refractivity contribution in [2.75, 3.05) is 18.9 Å². The van der Waals surface area contributed by atoms with Crippen molar-refractivity contribution in [3.63, 3.8) is 0 Å². The van der Waals surface area contributed by atoms with Gasteiger partial charge in [0.1, 0.15) is 0 Å². The normalized spacial score (nSPS) is 14.8. The largest absolute Gasteiger partial charge is 0.341 e. The van der Waals surface area contributed by atoms with Crippen molar-refractivity contribution in [1.29, 1.82) is 0 Å². The average molecular weight is 315 g/mol. The molecule has 1 fully saturated rings. The van der Waals surface area contributed by atoms with E-state index in [0.29, 0.717) is 34.2 Å². The van der Waals surface area contributed by atoms with E-state index in [2.05, 4.69) is 20.9 Å². The van der Waals surface area contributed by atoms with Gasteiger partial charge in [-0.1, -0.05) is 29.3 Å². The SMILES string of the molecule is CNC(=O)NC(=NCC1CC1)Nc1c(Cl)cccc1Cl. The highest BCUT2D eigenvalue weighted by Gasteiger charge is 2.21. The predicted octanol–water partition coefficient (Wildman–Crippen LogP) is 3.10. The number of urea groups is 1. The standard InChI is InChI=1S/C13H16Cl2N4O/c1-16-13(20)19-12(17-7-8-5-6-8)18-11-9(14)3-2-4-10(11)15/h2-4,8H,5-7H2,1H3,(H3,16,17,18,19,20). The molecule has 0 spiro atoms. The third kappa shape index (κ3) is 4.28. The molecule has 7 heteroatoms. The molecule has 0 unspecified atom stereocenters. The molecule has 108 valence electrons. The number of rotatable bonds is 3. The molecule has 1 aromatic rings. The second-order valence-electron chi connectivity index (χ2n) is 4.56. The Morgan fingerprint density at radius 3 is 2.55 bits per heavy atom. The number of hydrogen-bond donors (Lipinski definition) is 3. The molecule has 2 rings (SSSR count). The second-order valence-corrected chi connectivity index (χ2v) is 5.37. The van der Waals surface area contributed by atoms with E-state index in [0.717, 1.165) is 0 Å². The van der Waals surface area contributed by atoms with Crippen molar-refractivity contribution in [2.24, 2.45) is 10.9 Å². The molecule has 2 amide bonds. The van der Waals surface area contributed by atoms with Crippen LogP contribution in [-0.4, -0.2) is 25.6 Å². The van der Waals surface area contributed by atoms with Crippen LogP contribution in [0.15, 0.2) is 23.2 Å². The maximum absolute atomic E-state index is 11.4. The van der Waals surface area contributed by atoms with Gasteiger partial charge in [0, 0.05) is 13.6 Å². The molecule has 20 heavy (non-hydrogen) atoms. The number of halogens is 2. The van der Waals surface area contributed by atoms with Gasteiger partial charge in [0.05, 0.1) is 15.7 Å². The van der Waals surface area contributed by atoms with E-state index < -0.39 is 0 Å². The number of nitrogens with one attached hydrogen (secondary N) is 3. The second kappa shape index (κ2) is 6.81. The summed E-state index contributed by atoms with van der Waals surface area (Å²) in [5, 5.41) is 9.02. The number of para-hydroxylation sites is 1. The van der Waals surface area contributed by atoms with Gasteiger partial charge in [0.25, 0.3) is 0 Å². The van der Waals surface area contributed by atoms with E-state index in [1.165, 1.54) is 19.9 Å². The van der Waals surface area contributed by atoms with Gasteiger partial charge in [-0.25, -0.2) is 4.79 Å². The van der Waals surface area contributed by atoms with Crippen LogP contribution in [0.3, 0.4) is 0 Å². The molecule has 1 aromatic carbocycles. The fourth-order valence-corrected chi connectivity index (χ4v) is 2.03. The molecule has 5 nitrogen and oxygen atoms in total. The first kappa shape index (κ1) is 14.9. The minimum Gasteiger partial charge on any atom is -0.341 e. The Morgan fingerprint density at radius 1 is 1.35 bits per heavy atom. The Morgan fingerprint density at radius 2 is 2.00 bits per heavy atom. The Labute approximate surface area is 127 Å². The lowest BCUT2D eigenvalue weighted by atomic mass is 10.3. The van der Waals surface area contributed by atoms with Gasteiger partial charge in [-0.2, -0.15) is 0 Å². The Bertz CT molecular complexity index is 509. The van der Waals surface area contributed by atoms with Crippen LogP contribution < -0.4 is 16.0 Å². The highest BCUT2D eigenvalue weighted by Crippen LogP contribution is 2.30. The molecule has 0 radical (unpaired) electrons. The third-order valence-electron chi connectivity index (χ3n) is 2.87. The topological polar surface area (TPSA) is 65.5 Å². The van der Waals surface area contributed by atoms with Crippen LogP contribution >= 0.6 is 23.2 Å². The fourth-order valence-electron chi connectivity index (χ4n) is 1.54. The van der Waals surface area contributed by atoms with Crippen molar-refractivity contribution in [1.82, 2.24) is 10.6 Å². The zero-order valence-corrected chi connectivity index (χ0v) is 12.6. The van der Waals surface area contributed by atoms with Crippen LogP contribution in [0.25, 0.3) is 0 Å². The summed E-state index contributed by atoms with van der Waals surface area (Å²) < 4.78 is 0. The number of benzene rings is 1. The summed E-state index contributed by atoms with van der Waals surface area (Å²) in [6, 6.07) is 4.83. The van der Waals surface area contributed by atoms with Gasteiger partial charge >= 0.3 is 6.03 Å². The van der Waals surface area contributed by atoms with Crippen molar-refractivity contribution in [3.05, 3.63) is 28.2 Å². The zero-order chi connectivity index (χ0) is 14.5. The lowest BCUT2D eigenvalue weighted by Gasteiger charge is -2.13. The van der Waals surface area contributed by atoms with Crippen LogP contribution in [0.5, 0.6) is 0 Å². The molecule has 1 saturated carbocycles. The number of hydrogen-bond acceptors (Lipinski definition) is 2. The highest BCUT2D eigenvalue weighted by atomic mass is 35.5. The van der Waals surface area contributed by atoms with Crippen LogP contribution in [-0.2, 0) is 0 Å². The van der Waals surface area contributed by atoms with Crippen molar-refractivity contribution >= 4 is 40.9 Å². The van der Waals surface area contributed by atoms with E-state index in [9.17, 15) is 4.79 Å². The molecule has 0 bridgehead atoms. The molecule has 1 aliphatic carbocycles. The van der Waals surface area contributed by atoms with Crippen LogP contribution in [0.4, 0.5) is 10.5 Å². The molecule has 0 aliphatic heterocycles. The van der Waals surface area contributed by atoms with Crippen molar-refractivity contribution in [2.45, 2.75) is 12.8 Å². The molecule has 0 heterocycles. The van der Waals surface area contributed by atoms with Crippen LogP contribution in [0.2, 0.25) is 10.0 Å². The van der Waals surface area contributed by atoms with Crippen molar-refractivity contribution in [3.8, 4) is 0 Å². The third-order valence-corrected chi connectivity index (χ3v) is 3.50. The lowest BCUT2D eigenvalue weighted by molar-refractivity contribution is 0.247. The van der Waals surface area contributed by atoms with Gasteiger partial charge in [0.2, 0.25) is 5.96 Å². The molecule has 0 aromatic heterocycles. The minimum atomic E-state index is -0.352. The number of amides is 2. The summed E-state index contributed by atoms with van der Waals surface area (Å²) in [6.07, 6.45) is 2.37. The van der Waals surface area contributed by atoms with E-state index in [1.54, 1.807) is 18.2 Å². The fraction of sp³-hybridized carbons (Fsp3) is 0.385. The van der Waals surface area contributed by atoms with E-state index in [1.807, 2.05) is 0 Å². The summed E-state index contributed by atoms with van der Waals surface area (Å²) in [5.74, 6) is 0.950. The first-order valence-electron chi connectivity index (χ1n) is 6.34. The number of aliphatic imine (C=N–C) groups is 1. The van der Waals surface area contributed by atoms with Gasteiger partial charge in [-0.15, -0.1) is 0 Å². The monoisotopic (exact) mass is 314 g/mol. The number of nitrogens with zero attached hydrogens (tertiary/aromatic N) is 1. The summed E-state index contributed by atoms with van der Waals surface area (Å²) in [6.45, 7) is 0.675. The smallest absolute Gasteiger partial charge is 0.321 e. The number of guanidine groups is 1. The van der Waals surface area contributed by atoms with Gasteiger partial charge in [0.15, 0.2) is 0 Å². The summed E-state index contributed by atoms with van der Waals surface area (Å²) >= 11 is 12.2. The predicted molar refractivity (Wildman–Crippen MR) is 82.7 cm³/mol. The summed E-state index contributed by atoms with van der Waals surface area (Å²) in [4.78, 5) is 15.8. The Balaban J connectivity index is 2.13. The highest BCUT2D eigenvalue weighted by molar-refractivity contribution is 6.39. The van der Waals surface area contributed by atoms with Crippen LogP contribution in [0.1, 0.15) is 12.8 Å². The quantitative estimate of drug-likeness (QED) is 0.593. The van der Waals surface area contributed by atoms with Gasteiger partial charge in [-0.05, 0) is 30.9 Å². The van der Waals surface area contributed by atoms with Crippen molar-refractivity contribution < 1.29 is 4.79 Å². The summed E-state index contributed by atoms with van der Waals surface area (Å²) in [5.41, 5.74) is 0.529. The molecular weight excluding hydrogens is 299 g/mol. The molecule has 0 saturated heterocycles. The number of anilines is 1. The number of carbonyl (C=O) groups excluding carboxylic acids is 1. The number of carbonyl (C=O) groups is 1. The van der Waals surface area contributed by atoms with E-state index in [4.69, 9.17) is 23.2 Å². The van der Waals surface area contributed by atoms with Crippen LogP contribution in [0, 0.1) is 5.92 Å². The maximum Gasteiger partial charge on any atom is 0.321 e. The van der Waals surface area contributed by atoms with E-state index >= 15 is 0 Å². The molecule has 0 atom stereocenters. The first-order chi connectivity index (χ1) is 9.60. The molecule has 1 aliphatic rings. The summed E-state index contributed by atoms with van der Waals surface area (Å²) in [7, 11) is 1.54. The first-order valence-corrected chi connectivity index (χ1v) is 7.10. The van der Waals surface area contributed by atoms with E-state index in [-0.39, 0.29) is 6.03 Å². The Kier molecular flexibility index (Phi) is 5.09. The Hall–Kier alpha value is -1.46. The van der Waals surface area contributed by atoms with Gasteiger partial charge in [-0.3, -0.25) is 10.3 Å². The zero-order valence-electron chi connectivity index (χ0n) is 11.0. The maximum atomic E-state index is 11.4. The average Bonchev–Trinajstić information content (AvgIpc) is 3.24.